The number of nitrogens with zero attached hydrogens (tertiary/aromatic N) is 1. The first kappa shape index (κ1) is 20.8. The van der Waals surface area contributed by atoms with Crippen molar-refractivity contribution in [2.45, 2.75) is 43.5 Å². The van der Waals surface area contributed by atoms with E-state index in [1.807, 2.05) is 0 Å². The number of hydrogen-bond donors (Lipinski definition) is 2. The third kappa shape index (κ3) is 5.11. The predicted molar refractivity (Wildman–Crippen MR) is 109 cm³/mol. The van der Waals surface area contributed by atoms with Crippen LogP contribution in [0.1, 0.15) is 43.0 Å². The third-order valence-electron chi connectivity index (χ3n) is 5.17. The summed E-state index contributed by atoms with van der Waals surface area (Å²) in [5, 5.41) is 13.9. The average molecular weight is 417 g/mol. The van der Waals surface area contributed by atoms with Gasteiger partial charge in [0, 0.05) is 29.4 Å². The fourth-order valence-corrected chi connectivity index (χ4v) is 4.55. The van der Waals surface area contributed by atoms with Crippen LogP contribution in [0.2, 0.25) is 0 Å². The summed E-state index contributed by atoms with van der Waals surface area (Å²) < 4.78 is 27.3. The number of non-ortho nitro benzene ring substituents is 1. The number of nitro benzene ring substituents is 1. The molecule has 0 aromatic heterocycles. The number of anilines is 1. The fourth-order valence-electron chi connectivity index (χ4n) is 3.45. The minimum Gasteiger partial charge on any atom is -0.349 e. The van der Waals surface area contributed by atoms with E-state index in [4.69, 9.17) is 0 Å². The van der Waals surface area contributed by atoms with Gasteiger partial charge >= 0.3 is 0 Å². The Morgan fingerprint density at radius 2 is 1.79 bits per heavy atom. The molecule has 29 heavy (non-hydrogen) atoms. The monoisotopic (exact) mass is 417 g/mol. The number of amides is 1. The van der Waals surface area contributed by atoms with Crippen LogP contribution in [0.5, 0.6) is 0 Å². The Balaban J connectivity index is 1.69. The first-order valence-electron chi connectivity index (χ1n) is 9.44. The lowest BCUT2D eigenvalue weighted by atomic mass is 9.86. The Kier molecular flexibility index (Phi) is 6.17. The van der Waals surface area contributed by atoms with E-state index < -0.39 is 14.9 Å². The summed E-state index contributed by atoms with van der Waals surface area (Å²) in [6.07, 6.45) is 4.36. The number of hydrogen-bond acceptors (Lipinski definition) is 5. The minimum absolute atomic E-state index is 0.156. The summed E-state index contributed by atoms with van der Waals surface area (Å²) in [4.78, 5) is 22.5. The highest BCUT2D eigenvalue weighted by atomic mass is 32.2. The topological polar surface area (TPSA) is 118 Å². The molecule has 154 valence electrons. The Morgan fingerprint density at radius 3 is 2.45 bits per heavy atom. The lowest BCUT2D eigenvalue weighted by molar-refractivity contribution is -0.385. The second kappa shape index (κ2) is 8.60. The van der Waals surface area contributed by atoms with Gasteiger partial charge in [0.05, 0.1) is 9.82 Å². The molecule has 3 rings (SSSR count). The maximum atomic E-state index is 12.5. The molecule has 2 atom stereocenters. The van der Waals surface area contributed by atoms with Crippen LogP contribution in [0.4, 0.5) is 11.4 Å². The van der Waals surface area contributed by atoms with E-state index in [0.717, 1.165) is 25.3 Å². The fraction of sp³-hybridized carbons (Fsp3) is 0.350. The number of carbonyl (C=O) groups is 1. The van der Waals surface area contributed by atoms with Gasteiger partial charge in [0.2, 0.25) is 0 Å². The Hall–Kier alpha value is -2.94. The molecule has 8 nitrogen and oxygen atoms in total. The highest BCUT2D eigenvalue weighted by Gasteiger charge is 2.23. The number of nitrogens with one attached hydrogen (secondary N) is 2. The zero-order valence-corrected chi connectivity index (χ0v) is 16.8. The van der Waals surface area contributed by atoms with Gasteiger partial charge in [-0.05, 0) is 49.1 Å². The summed E-state index contributed by atoms with van der Waals surface area (Å²) in [5.74, 6) is 0.255. The normalized spacial score (nSPS) is 19.3. The lowest BCUT2D eigenvalue weighted by Gasteiger charge is -2.29. The molecule has 0 unspecified atom stereocenters. The standard InChI is InChI=1S/C20H23N3O5S/c1-14-5-2-3-8-19(14)21-20(24)15-9-11-16(12-10-15)22-29(27,28)18-7-4-6-17(13-18)23(25)26/h4,6-7,9-14,19,22H,2-3,5,8H2,1H3,(H,21,24)/t14-,19+/m1/s1. The number of benzene rings is 2. The van der Waals surface area contributed by atoms with Crippen molar-refractivity contribution in [3.63, 3.8) is 0 Å². The highest BCUT2D eigenvalue weighted by molar-refractivity contribution is 7.92. The van der Waals surface area contributed by atoms with Gasteiger partial charge in [0.25, 0.3) is 21.6 Å². The van der Waals surface area contributed by atoms with Gasteiger partial charge in [-0.15, -0.1) is 0 Å². The van der Waals surface area contributed by atoms with Crippen LogP contribution in [-0.4, -0.2) is 25.3 Å². The maximum absolute atomic E-state index is 12.5. The van der Waals surface area contributed by atoms with Crippen LogP contribution in [0.3, 0.4) is 0 Å². The van der Waals surface area contributed by atoms with Crippen molar-refractivity contribution >= 4 is 27.3 Å². The van der Waals surface area contributed by atoms with Crippen molar-refractivity contribution in [2.24, 2.45) is 5.92 Å². The number of nitro groups is 1. The largest absolute Gasteiger partial charge is 0.349 e. The molecule has 1 amide bonds. The van der Waals surface area contributed by atoms with Gasteiger partial charge in [0.15, 0.2) is 0 Å². The van der Waals surface area contributed by atoms with Crippen LogP contribution in [0, 0.1) is 16.0 Å². The molecule has 0 spiro atoms. The van der Waals surface area contributed by atoms with Gasteiger partial charge in [-0.3, -0.25) is 19.6 Å². The molecule has 1 fully saturated rings. The van der Waals surface area contributed by atoms with E-state index in [1.54, 1.807) is 12.1 Å². The van der Waals surface area contributed by atoms with Crippen LogP contribution >= 0.6 is 0 Å². The van der Waals surface area contributed by atoms with Gasteiger partial charge < -0.3 is 5.32 Å². The first-order chi connectivity index (χ1) is 13.8. The van der Waals surface area contributed by atoms with E-state index in [1.165, 1.54) is 36.8 Å². The summed E-state index contributed by atoms with van der Waals surface area (Å²) >= 11 is 0. The molecule has 1 aliphatic rings. The van der Waals surface area contributed by atoms with Gasteiger partial charge in [-0.25, -0.2) is 8.42 Å². The summed E-state index contributed by atoms with van der Waals surface area (Å²) in [7, 11) is -3.99. The lowest BCUT2D eigenvalue weighted by Crippen LogP contribution is -2.41. The van der Waals surface area contributed by atoms with Crippen LogP contribution in [0.25, 0.3) is 0 Å². The Morgan fingerprint density at radius 1 is 1.10 bits per heavy atom. The van der Waals surface area contributed by atoms with Crippen LogP contribution in [-0.2, 0) is 10.0 Å². The molecule has 0 bridgehead atoms. The second-order valence-electron chi connectivity index (χ2n) is 7.28. The molecule has 1 saturated carbocycles. The third-order valence-corrected chi connectivity index (χ3v) is 6.54. The Labute approximate surface area is 169 Å². The van der Waals surface area contributed by atoms with Crippen molar-refractivity contribution in [3.8, 4) is 0 Å². The molecule has 0 aliphatic heterocycles. The molecule has 0 heterocycles. The first-order valence-corrected chi connectivity index (χ1v) is 10.9. The molecule has 1 aliphatic carbocycles. The minimum atomic E-state index is -3.99. The number of sulfonamides is 1. The number of carbonyl (C=O) groups excluding carboxylic acids is 1. The van der Waals surface area contributed by atoms with Crippen molar-refractivity contribution in [2.75, 3.05) is 4.72 Å². The van der Waals surface area contributed by atoms with Gasteiger partial charge in [0.1, 0.15) is 0 Å². The van der Waals surface area contributed by atoms with E-state index in [9.17, 15) is 23.3 Å². The molecule has 9 heteroatoms. The number of rotatable bonds is 6. The van der Waals surface area contributed by atoms with Crippen LogP contribution in [0.15, 0.2) is 53.4 Å². The van der Waals surface area contributed by atoms with Crippen LogP contribution < -0.4 is 10.0 Å². The quantitative estimate of drug-likeness (QED) is 0.549. The predicted octanol–water partition coefficient (Wildman–Crippen LogP) is 3.70. The zero-order chi connectivity index (χ0) is 21.0. The molecular formula is C20H23N3O5S. The molecule has 2 aromatic rings. The van der Waals surface area contributed by atoms with Gasteiger partial charge in [-0.2, -0.15) is 0 Å². The highest BCUT2D eigenvalue weighted by Crippen LogP contribution is 2.24. The van der Waals surface area contributed by atoms with Crippen molar-refractivity contribution < 1.29 is 18.1 Å². The Bertz CT molecular complexity index is 1010. The van der Waals surface area contributed by atoms with Crippen molar-refractivity contribution in [1.82, 2.24) is 5.32 Å². The maximum Gasteiger partial charge on any atom is 0.270 e. The van der Waals surface area contributed by atoms with Gasteiger partial charge in [-0.1, -0.05) is 25.8 Å². The molecule has 0 saturated heterocycles. The molecule has 2 aromatic carbocycles. The van der Waals surface area contributed by atoms with E-state index in [0.29, 0.717) is 11.5 Å². The zero-order valence-electron chi connectivity index (χ0n) is 16.0. The summed E-state index contributed by atoms with van der Waals surface area (Å²) in [5.41, 5.74) is 0.400. The van der Waals surface area contributed by atoms with Crippen molar-refractivity contribution in [3.05, 3.63) is 64.2 Å². The SMILES string of the molecule is C[C@@H]1CCCC[C@@H]1NC(=O)c1ccc(NS(=O)(=O)c2cccc([N+](=O)[O-])c2)cc1. The molecule has 2 N–H and O–H groups in total. The van der Waals surface area contributed by atoms with E-state index >= 15 is 0 Å². The summed E-state index contributed by atoms with van der Waals surface area (Å²) in [6, 6.07) is 11.1. The molecular weight excluding hydrogens is 394 g/mol. The second-order valence-corrected chi connectivity index (χ2v) is 8.96. The van der Waals surface area contributed by atoms with E-state index in [2.05, 4.69) is 17.0 Å². The smallest absolute Gasteiger partial charge is 0.270 e. The van der Waals surface area contributed by atoms with E-state index in [-0.39, 0.29) is 28.2 Å². The molecule has 0 radical (unpaired) electrons. The average Bonchev–Trinajstić information content (AvgIpc) is 2.70. The summed E-state index contributed by atoms with van der Waals surface area (Å²) in [6.45, 7) is 2.13. The van der Waals surface area contributed by atoms with Crippen molar-refractivity contribution in [1.29, 1.82) is 0 Å².